The number of aliphatic hydroxyl groups excluding tert-OH is 1. The van der Waals surface area contributed by atoms with E-state index in [1.165, 1.54) is 0 Å². The van der Waals surface area contributed by atoms with Crippen LogP contribution in [0.4, 0.5) is 4.79 Å². The number of aliphatic imine (C=N–C) groups is 1. The zero-order valence-electron chi connectivity index (χ0n) is 15.7. The van der Waals surface area contributed by atoms with Crippen molar-refractivity contribution in [1.82, 2.24) is 15.5 Å². The summed E-state index contributed by atoms with van der Waals surface area (Å²) in [5, 5.41) is 16.2. The molecule has 0 aliphatic carbocycles. The molecule has 1 aromatic carbocycles. The number of hydrogen-bond donors (Lipinski definition) is 3. The van der Waals surface area contributed by atoms with Gasteiger partial charge in [-0.1, -0.05) is 24.3 Å². The van der Waals surface area contributed by atoms with E-state index < -0.39 is 0 Å². The highest BCUT2D eigenvalue weighted by Crippen LogP contribution is 2.12. The lowest BCUT2D eigenvalue weighted by Gasteiger charge is -2.32. The van der Waals surface area contributed by atoms with E-state index in [-0.39, 0.29) is 18.7 Å². The largest absolute Gasteiger partial charge is 0.450 e. The molecule has 1 amide bonds. The number of piperidine rings is 1. The maximum Gasteiger partial charge on any atom is 0.409 e. The van der Waals surface area contributed by atoms with Crippen molar-refractivity contribution >= 4 is 12.1 Å². The van der Waals surface area contributed by atoms with Gasteiger partial charge in [-0.2, -0.15) is 0 Å². The van der Waals surface area contributed by atoms with E-state index in [9.17, 15) is 9.90 Å². The lowest BCUT2D eigenvalue weighted by atomic mass is 10.1. The van der Waals surface area contributed by atoms with Gasteiger partial charge in [0.2, 0.25) is 0 Å². The summed E-state index contributed by atoms with van der Waals surface area (Å²) in [5.41, 5.74) is 1.92. The molecule has 26 heavy (non-hydrogen) atoms. The van der Waals surface area contributed by atoms with Crippen LogP contribution in [0.25, 0.3) is 0 Å². The zero-order chi connectivity index (χ0) is 18.8. The highest BCUT2D eigenvalue weighted by Gasteiger charge is 2.24. The lowest BCUT2D eigenvalue weighted by Crippen LogP contribution is -2.49. The van der Waals surface area contributed by atoms with Crippen molar-refractivity contribution in [1.29, 1.82) is 0 Å². The molecule has 0 radical (unpaired) electrons. The van der Waals surface area contributed by atoms with Gasteiger partial charge in [0.15, 0.2) is 5.96 Å². The van der Waals surface area contributed by atoms with Gasteiger partial charge >= 0.3 is 6.09 Å². The van der Waals surface area contributed by atoms with Crippen molar-refractivity contribution in [3.63, 3.8) is 0 Å². The van der Waals surface area contributed by atoms with Crippen molar-refractivity contribution in [2.45, 2.75) is 45.9 Å². The molecule has 0 bridgehead atoms. The average molecular weight is 362 g/mol. The van der Waals surface area contributed by atoms with Gasteiger partial charge in [0, 0.05) is 25.7 Å². The first-order valence-corrected chi connectivity index (χ1v) is 9.32. The van der Waals surface area contributed by atoms with E-state index in [1.807, 2.05) is 38.1 Å². The molecule has 3 N–H and O–H groups in total. The Morgan fingerprint density at radius 1 is 1.27 bits per heavy atom. The quantitative estimate of drug-likeness (QED) is 0.531. The molecule has 2 rings (SSSR count). The minimum atomic E-state index is -0.230. The number of carbonyl (C=O) groups is 1. The Morgan fingerprint density at radius 3 is 2.58 bits per heavy atom. The van der Waals surface area contributed by atoms with Crippen molar-refractivity contribution in [3.8, 4) is 0 Å². The molecular weight excluding hydrogens is 332 g/mol. The van der Waals surface area contributed by atoms with Crippen molar-refractivity contribution in [3.05, 3.63) is 35.4 Å². The van der Waals surface area contributed by atoms with Crippen LogP contribution in [0.1, 0.15) is 37.8 Å². The van der Waals surface area contributed by atoms with E-state index in [0.29, 0.717) is 26.2 Å². The van der Waals surface area contributed by atoms with Gasteiger partial charge < -0.3 is 25.4 Å². The number of nitrogens with zero attached hydrogens (tertiary/aromatic N) is 2. The van der Waals surface area contributed by atoms with Crippen LogP contribution >= 0.6 is 0 Å². The first kappa shape index (κ1) is 20.0. The number of amides is 1. The molecule has 0 aromatic heterocycles. The Morgan fingerprint density at radius 2 is 1.96 bits per heavy atom. The molecule has 1 heterocycles. The first-order valence-electron chi connectivity index (χ1n) is 9.32. The second-order valence-corrected chi connectivity index (χ2v) is 6.23. The highest BCUT2D eigenvalue weighted by atomic mass is 16.6. The van der Waals surface area contributed by atoms with Gasteiger partial charge in [0.25, 0.3) is 0 Å². The fourth-order valence-electron chi connectivity index (χ4n) is 2.96. The molecule has 1 aliphatic rings. The summed E-state index contributed by atoms with van der Waals surface area (Å²) < 4.78 is 5.06. The summed E-state index contributed by atoms with van der Waals surface area (Å²) in [7, 11) is 0. The molecule has 0 atom stereocenters. The third kappa shape index (κ3) is 5.91. The fourth-order valence-corrected chi connectivity index (χ4v) is 2.96. The first-order chi connectivity index (χ1) is 12.7. The average Bonchev–Trinajstić information content (AvgIpc) is 2.67. The van der Waals surface area contributed by atoms with Crippen LogP contribution in [0.5, 0.6) is 0 Å². The number of nitrogens with one attached hydrogen (secondary N) is 2. The summed E-state index contributed by atoms with van der Waals surface area (Å²) in [6, 6.07) is 8.04. The lowest BCUT2D eigenvalue weighted by molar-refractivity contribution is 0.0963. The molecular formula is C19H30N4O3. The van der Waals surface area contributed by atoms with E-state index >= 15 is 0 Å². The summed E-state index contributed by atoms with van der Waals surface area (Å²) >= 11 is 0. The Labute approximate surface area is 155 Å². The normalized spacial score (nSPS) is 15.7. The van der Waals surface area contributed by atoms with Gasteiger partial charge in [-0.15, -0.1) is 0 Å². The number of carbonyl (C=O) groups excluding carboxylic acids is 1. The Kier molecular flexibility index (Phi) is 8.21. The van der Waals surface area contributed by atoms with Gasteiger partial charge in [-0.05, 0) is 37.8 Å². The molecule has 144 valence electrons. The number of guanidine groups is 1. The monoisotopic (exact) mass is 362 g/mol. The standard InChI is InChI=1S/C19H30N4O3/c1-3-20-18(21-13-15-7-5-6-8-16(15)14-24)22-17-9-11-23(12-10-17)19(25)26-4-2/h5-8,17,24H,3-4,9-14H2,1-2H3,(H2,20,21,22). The van der Waals surface area contributed by atoms with Crippen LogP contribution in [0.2, 0.25) is 0 Å². The molecule has 1 aliphatic heterocycles. The predicted molar refractivity (Wildman–Crippen MR) is 102 cm³/mol. The summed E-state index contributed by atoms with van der Waals surface area (Å²) in [6.45, 7) is 6.92. The van der Waals surface area contributed by atoms with Crippen LogP contribution in [0.3, 0.4) is 0 Å². The second-order valence-electron chi connectivity index (χ2n) is 6.23. The molecule has 1 aromatic rings. The Bertz CT molecular complexity index is 598. The van der Waals surface area contributed by atoms with E-state index in [4.69, 9.17) is 4.74 Å². The van der Waals surface area contributed by atoms with Gasteiger partial charge in [-0.3, -0.25) is 0 Å². The number of likely N-dealkylation sites (tertiary alicyclic amines) is 1. The summed E-state index contributed by atoms with van der Waals surface area (Å²) in [5.74, 6) is 0.759. The zero-order valence-corrected chi connectivity index (χ0v) is 15.7. The molecule has 1 saturated heterocycles. The molecule has 1 fully saturated rings. The number of aliphatic hydroxyl groups is 1. The Balaban J connectivity index is 1.91. The molecule has 0 saturated carbocycles. The highest BCUT2D eigenvalue weighted by molar-refractivity contribution is 5.80. The van der Waals surface area contributed by atoms with Crippen LogP contribution in [-0.4, -0.2) is 54.3 Å². The molecule has 0 spiro atoms. The molecule has 7 nitrogen and oxygen atoms in total. The molecule has 7 heteroatoms. The van der Waals surface area contributed by atoms with Crippen LogP contribution in [0, 0.1) is 0 Å². The maximum absolute atomic E-state index is 11.8. The smallest absolute Gasteiger partial charge is 0.409 e. The van der Waals surface area contributed by atoms with Crippen LogP contribution in [0.15, 0.2) is 29.3 Å². The third-order valence-electron chi connectivity index (χ3n) is 4.40. The summed E-state index contributed by atoms with van der Waals surface area (Å²) in [4.78, 5) is 18.2. The SMILES string of the molecule is CCNC(=NCc1ccccc1CO)NC1CCN(C(=O)OCC)CC1. The van der Waals surface area contributed by atoms with Crippen molar-refractivity contribution in [2.24, 2.45) is 4.99 Å². The van der Waals surface area contributed by atoms with Gasteiger partial charge in [-0.25, -0.2) is 9.79 Å². The van der Waals surface area contributed by atoms with Gasteiger partial charge in [0.05, 0.1) is 19.8 Å². The number of ether oxygens (including phenoxy) is 1. The van der Waals surface area contributed by atoms with E-state index in [0.717, 1.165) is 36.5 Å². The van der Waals surface area contributed by atoms with Crippen LogP contribution < -0.4 is 10.6 Å². The predicted octanol–water partition coefficient (Wildman–Crippen LogP) is 1.85. The van der Waals surface area contributed by atoms with E-state index in [2.05, 4.69) is 15.6 Å². The minimum absolute atomic E-state index is 0.0159. The number of hydrogen-bond acceptors (Lipinski definition) is 4. The van der Waals surface area contributed by atoms with Crippen molar-refractivity contribution in [2.75, 3.05) is 26.2 Å². The van der Waals surface area contributed by atoms with E-state index in [1.54, 1.807) is 4.90 Å². The van der Waals surface area contributed by atoms with Crippen LogP contribution in [-0.2, 0) is 17.9 Å². The van der Waals surface area contributed by atoms with Crippen molar-refractivity contribution < 1.29 is 14.6 Å². The number of benzene rings is 1. The van der Waals surface area contributed by atoms with Gasteiger partial charge in [0.1, 0.15) is 0 Å². The maximum atomic E-state index is 11.8. The summed E-state index contributed by atoms with van der Waals surface area (Å²) in [6.07, 6.45) is 1.49. The fraction of sp³-hybridized carbons (Fsp3) is 0.579. The minimum Gasteiger partial charge on any atom is -0.450 e. The number of rotatable bonds is 6. The Hall–Kier alpha value is -2.28. The third-order valence-corrected chi connectivity index (χ3v) is 4.40. The topological polar surface area (TPSA) is 86.2 Å². The molecule has 0 unspecified atom stereocenters. The second kappa shape index (κ2) is 10.7.